The molecule has 7 heteroatoms. The summed E-state index contributed by atoms with van der Waals surface area (Å²) in [7, 11) is 3.25. The van der Waals surface area contributed by atoms with E-state index in [1.54, 1.807) is 54.7 Å². The molecule has 2 heterocycles. The SMILES string of the molecule is COc1ccccc1[C@@H](C(=O)O)N(C)Cc1cc(-c2ccncc2)no1. The van der Waals surface area contributed by atoms with E-state index in [9.17, 15) is 9.90 Å². The first-order chi connectivity index (χ1) is 12.6. The Kier molecular flexibility index (Phi) is 5.28. The highest BCUT2D eigenvalue weighted by Crippen LogP contribution is 2.30. The van der Waals surface area contributed by atoms with Crippen LogP contribution in [-0.4, -0.2) is 40.3 Å². The number of para-hydroxylation sites is 1. The number of methoxy groups -OCH3 is 1. The van der Waals surface area contributed by atoms with Crippen molar-refractivity contribution in [2.75, 3.05) is 14.2 Å². The van der Waals surface area contributed by atoms with Crippen molar-refractivity contribution >= 4 is 5.97 Å². The van der Waals surface area contributed by atoms with Crippen LogP contribution in [0.15, 0.2) is 59.4 Å². The number of rotatable bonds is 7. The van der Waals surface area contributed by atoms with Crippen LogP contribution in [-0.2, 0) is 11.3 Å². The first-order valence-electron chi connectivity index (χ1n) is 8.02. The van der Waals surface area contributed by atoms with E-state index in [2.05, 4.69) is 10.1 Å². The van der Waals surface area contributed by atoms with Crippen LogP contribution < -0.4 is 4.74 Å². The lowest BCUT2D eigenvalue weighted by atomic mass is 10.0. The predicted octanol–water partition coefficient (Wildman–Crippen LogP) is 3.00. The third-order valence-corrected chi connectivity index (χ3v) is 4.05. The fraction of sp³-hybridized carbons (Fsp3) is 0.211. The van der Waals surface area contributed by atoms with Gasteiger partial charge in [-0.15, -0.1) is 0 Å². The van der Waals surface area contributed by atoms with Crippen LogP contribution in [0.1, 0.15) is 17.4 Å². The minimum Gasteiger partial charge on any atom is -0.496 e. The lowest BCUT2D eigenvalue weighted by molar-refractivity contribution is -0.143. The van der Waals surface area contributed by atoms with E-state index >= 15 is 0 Å². The first-order valence-corrected chi connectivity index (χ1v) is 8.02. The van der Waals surface area contributed by atoms with Crippen molar-refractivity contribution in [1.82, 2.24) is 15.0 Å². The summed E-state index contributed by atoms with van der Waals surface area (Å²) >= 11 is 0. The zero-order valence-electron chi connectivity index (χ0n) is 14.5. The maximum Gasteiger partial charge on any atom is 0.325 e. The van der Waals surface area contributed by atoms with Crippen LogP contribution in [0, 0.1) is 0 Å². The van der Waals surface area contributed by atoms with Gasteiger partial charge >= 0.3 is 5.97 Å². The fourth-order valence-corrected chi connectivity index (χ4v) is 2.83. The van der Waals surface area contributed by atoms with Crippen LogP contribution in [0.3, 0.4) is 0 Å². The van der Waals surface area contributed by atoms with Crippen LogP contribution in [0.25, 0.3) is 11.3 Å². The van der Waals surface area contributed by atoms with E-state index in [1.807, 2.05) is 12.1 Å². The monoisotopic (exact) mass is 353 g/mol. The first kappa shape index (κ1) is 17.6. The molecule has 26 heavy (non-hydrogen) atoms. The highest BCUT2D eigenvalue weighted by Gasteiger charge is 2.28. The van der Waals surface area contributed by atoms with Crippen LogP contribution >= 0.6 is 0 Å². The average Bonchev–Trinajstić information content (AvgIpc) is 3.11. The Balaban J connectivity index is 1.82. The number of aromatic nitrogens is 2. The number of carboxylic acid groups (broad SMARTS) is 1. The summed E-state index contributed by atoms with van der Waals surface area (Å²) < 4.78 is 10.7. The maximum atomic E-state index is 11.9. The standard InChI is InChI=1S/C19H19N3O4/c1-22(18(19(23)24)15-5-3-4-6-17(15)25-2)12-14-11-16(21-26-14)13-7-9-20-10-8-13/h3-11,18H,12H2,1-2H3,(H,23,24)/t18-/m0/s1. The summed E-state index contributed by atoms with van der Waals surface area (Å²) in [5, 5.41) is 13.8. The molecule has 0 radical (unpaired) electrons. The number of hydrogen-bond acceptors (Lipinski definition) is 6. The molecule has 2 aromatic heterocycles. The van der Waals surface area contributed by atoms with E-state index in [4.69, 9.17) is 9.26 Å². The smallest absolute Gasteiger partial charge is 0.325 e. The molecule has 3 rings (SSSR count). The van der Waals surface area contributed by atoms with Crippen LogP contribution in [0.5, 0.6) is 5.75 Å². The Morgan fingerprint density at radius 2 is 2.00 bits per heavy atom. The largest absolute Gasteiger partial charge is 0.496 e. The molecular weight excluding hydrogens is 334 g/mol. The van der Waals surface area contributed by atoms with E-state index in [1.165, 1.54) is 7.11 Å². The molecular formula is C19H19N3O4. The minimum atomic E-state index is -0.967. The molecule has 1 N–H and O–H groups in total. The van der Waals surface area contributed by atoms with Crippen molar-refractivity contribution in [2.45, 2.75) is 12.6 Å². The van der Waals surface area contributed by atoms with Gasteiger partial charge in [0.1, 0.15) is 17.5 Å². The van der Waals surface area contributed by atoms with Gasteiger partial charge < -0.3 is 14.4 Å². The van der Waals surface area contributed by atoms with E-state index in [0.717, 1.165) is 5.56 Å². The summed E-state index contributed by atoms with van der Waals surface area (Å²) in [5.41, 5.74) is 2.15. The minimum absolute atomic E-state index is 0.285. The van der Waals surface area contributed by atoms with E-state index < -0.39 is 12.0 Å². The van der Waals surface area contributed by atoms with Crippen molar-refractivity contribution in [3.8, 4) is 17.0 Å². The molecule has 0 fully saturated rings. The third kappa shape index (κ3) is 3.73. The molecule has 3 aromatic rings. The van der Waals surface area contributed by atoms with Gasteiger partial charge in [0.2, 0.25) is 0 Å². The van der Waals surface area contributed by atoms with Crippen LogP contribution in [0.2, 0.25) is 0 Å². The molecule has 0 bridgehead atoms. The van der Waals surface area contributed by atoms with Crippen molar-refractivity contribution in [1.29, 1.82) is 0 Å². The molecule has 0 aliphatic carbocycles. The number of aliphatic carboxylic acids is 1. The summed E-state index contributed by atoms with van der Waals surface area (Å²) in [6.07, 6.45) is 3.36. The van der Waals surface area contributed by atoms with Crippen molar-refractivity contribution in [3.63, 3.8) is 0 Å². The van der Waals surface area contributed by atoms with Gasteiger partial charge in [-0.2, -0.15) is 0 Å². The Bertz CT molecular complexity index is 879. The number of likely N-dealkylation sites (N-methyl/N-ethyl adjacent to an activating group) is 1. The molecule has 0 aliphatic rings. The normalized spacial score (nSPS) is 12.1. The van der Waals surface area contributed by atoms with Crippen molar-refractivity contribution in [3.05, 3.63) is 66.2 Å². The van der Waals surface area contributed by atoms with Crippen molar-refractivity contribution < 1.29 is 19.2 Å². The lowest BCUT2D eigenvalue weighted by Gasteiger charge is -2.25. The number of nitrogens with zero attached hydrogens (tertiary/aromatic N) is 3. The maximum absolute atomic E-state index is 11.9. The number of carboxylic acids is 1. The summed E-state index contributed by atoms with van der Waals surface area (Å²) in [6, 6.07) is 11.7. The average molecular weight is 353 g/mol. The number of hydrogen-bond donors (Lipinski definition) is 1. The Morgan fingerprint density at radius 1 is 1.27 bits per heavy atom. The van der Waals surface area contributed by atoms with Gasteiger partial charge in [0.25, 0.3) is 0 Å². The predicted molar refractivity (Wildman–Crippen MR) is 94.6 cm³/mol. The van der Waals surface area contributed by atoms with Gasteiger partial charge in [0.15, 0.2) is 5.76 Å². The second kappa shape index (κ2) is 7.79. The van der Waals surface area contributed by atoms with Gasteiger partial charge in [0.05, 0.1) is 13.7 Å². The molecule has 0 unspecified atom stereocenters. The molecule has 1 aromatic carbocycles. The number of pyridine rings is 1. The Hall–Kier alpha value is -3.19. The highest BCUT2D eigenvalue weighted by molar-refractivity contribution is 5.76. The zero-order chi connectivity index (χ0) is 18.5. The summed E-state index contributed by atoms with van der Waals surface area (Å²) in [4.78, 5) is 17.5. The Morgan fingerprint density at radius 3 is 2.69 bits per heavy atom. The molecule has 7 nitrogen and oxygen atoms in total. The highest BCUT2D eigenvalue weighted by atomic mass is 16.5. The third-order valence-electron chi connectivity index (χ3n) is 4.05. The number of ether oxygens (including phenoxy) is 1. The van der Waals surface area contributed by atoms with Gasteiger partial charge in [-0.1, -0.05) is 23.4 Å². The molecule has 0 amide bonds. The number of carbonyl (C=O) groups is 1. The molecule has 0 saturated heterocycles. The zero-order valence-corrected chi connectivity index (χ0v) is 14.5. The van der Waals surface area contributed by atoms with Gasteiger partial charge in [0, 0.05) is 29.6 Å². The summed E-state index contributed by atoms with van der Waals surface area (Å²) in [5.74, 6) is 0.133. The van der Waals surface area contributed by atoms with Gasteiger partial charge in [-0.25, -0.2) is 0 Å². The lowest BCUT2D eigenvalue weighted by Crippen LogP contribution is -2.30. The van der Waals surface area contributed by atoms with Gasteiger partial charge in [-0.05, 0) is 25.2 Å². The van der Waals surface area contributed by atoms with Gasteiger partial charge in [-0.3, -0.25) is 14.7 Å². The quantitative estimate of drug-likeness (QED) is 0.698. The fourth-order valence-electron chi connectivity index (χ4n) is 2.83. The second-order valence-electron chi connectivity index (χ2n) is 5.81. The van der Waals surface area contributed by atoms with Crippen LogP contribution in [0.4, 0.5) is 0 Å². The molecule has 134 valence electrons. The van der Waals surface area contributed by atoms with E-state index in [0.29, 0.717) is 22.8 Å². The topological polar surface area (TPSA) is 88.7 Å². The molecule has 0 saturated carbocycles. The molecule has 1 atom stereocenters. The van der Waals surface area contributed by atoms with E-state index in [-0.39, 0.29) is 6.54 Å². The van der Waals surface area contributed by atoms with Crippen molar-refractivity contribution in [2.24, 2.45) is 0 Å². The second-order valence-corrected chi connectivity index (χ2v) is 5.81. The molecule has 0 spiro atoms. The Labute approximate surface area is 150 Å². The molecule has 0 aliphatic heterocycles. The number of benzene rings is 1. The summed E-state index contributed by atoms with van der Waals surface area (Å²) in [6.45, 7) is 0.285.